The summed E-state index contributed by atoms with van der Waals surface area (Å²) in [5.41, 5.74) is 4.57. The molecule has 2 rings (SSSR count). The summed E-state index contributed by atoms with van der Waals surface area (Å²) in [7, 11) is 0. The van der Waals surface area contributed by atoms with E-state index in [1.807, 2.05) is 42.5 Å². The molecule has 18 heavy (non-hydrogen) atoms. The smallest absolute Gasteiger partial charge is 0.191 e. The summed E-state index contributed by atoms with van der Waals surface area (Å²) in [6.07, 6.45) is 5.10. The van der Waals surface area contributed by atoms with E-state index in [0.29, 0.717) is 5.11 Å². The SMILES string of the molecule is S=C(N/N=C/c1ccccc1)Nc1cccnc1. The van der Waals surface area contributed by atoms with Crippen molar-refractivity contribution in [3.05, 3.63) is 60.4 Å². The molecule has 2 N–H and O–H groups in total. The number of nitrogens with one attached hydrogen (secondary N) is 2. The molecule has 0 atom stereocenters. The van der Waals surface area contributed by atoms with E-state index in [1.54, 1.807) is 18.6 Å². The zero-order chi connectivity index (χ0) is 12.6. The fourth-order valence-electron chi connectivity index (χ4n) is 1.30. The molecule has 0 fully saturated rings. The van der Waals surface area contributed by atoms with E-state index in [0.717, 1.165) is 11.3 Å². The first kappa shape index (κ1) is 12.2. The molecule has 0 saturated heterocycles. The number of aromatic nitrogens is 1. The zero-order valence-electron chi connectivity index (χ0n) is 9.58. The van der Waals surface area contributed by atoms with Crippen LogP contribution in [0.4, 0.5) is 5.69 Å². The Bertz CT molecular complexity index is 525. The van der Waals surface area contributed by atoms with Gasteiger partial charge in [0, 0.05) is 6.20 Å². The summed E-state index contributed by atoms with van der Waals surface area (Å²) in [6.45, 7) is 0. The molecule has 1 aromatic carbocycles. The summed E-state index contributed by atoms with van der Waals surface area (Å²) in [4.78, 5) is 3.98. The number of benzene rings is 1. The van der Waals surface area contributed by atoms with Crippen LogP contribution in [0.2, 0.25) is 0 Å². The van der Waals surface area contributed by atoms with Gasteiger partial charge in [0.2, 0.25) is 0 Å². The highest BCUT2D eigenvalue weighted by molar-refractivity contribution is 7.80. The lowest BCUT2D eigenvalue weighted by atomic mass is 10.2. The highest BCUT2D eigenvalue weighted by atomic mass is 32.1. The second-order valence-corrected chi connectivity index (χ2v) is 3.88. The molecule has 1 heterocycles. The zero-order valence-corrected chi connectivity index (χ0v) is 10.4. The molecule has 0 aliphatic heterocycles. The number of pyridine rings is 1. The van der Waals surface area contributed by atoms with E-state index >= 15 is 0 Å². The molecule has 0 spiro atoms. The van der Waals surface area contributed by atoms with Gasteiger partial charge in [0.1, 0.15) is 0 Å². The molecular weight excluding hydrogens is 244 g/mol. The summed E-state index contributed by atoms with van der Waals surface area (Å²) in [6, 6.07) is 13.5. The lowest BCUT2D eigenvalue weighted by Gasteiger charge is -2.05. The molecule has 0 unspecified atom stereocenters. The number of thiocarbonyl (C=S) groups is 1. The van der Waals surface area contributed by atoms with Crippen molar-refractivity contribution < 1.29 is 0 Å². The topological polar surface area (TPSA) is 49.3 Å². The van der Waals surface area contributed by atoms with E-state index in [2.05, 4.69) is 20.8 Å². The number of nitrogens with zero attached hydrogens (tertiary/aromatic N) is 2. The summed E-state index contributed by atoms with van der Waals surface area (Å²) in [5.74, 6) is 0. The van der Waals surface area contributed by atoms with Crippen LogP contribution in [0.1, 0.15) is 5.56 Å². The largest absolute Gasteiger partial charge is 0.330 e. The van der Waals surface area contributed by atoms with Crippen molar-refractivity contribution in [1.82, 2.24) is 10.4 Å². The third-order valence-electron chi connectivity index (χ3n) is 2.10. The second kappa shape index (κ2) is 6.46. The van der Waals surface area contributed by atoms with Gasteiger partial charge >= 0.3 is 0 Å². The average molecular weight is 256 g/mol. The van der Waals surface area contributed by atoms with E-state index in [9.17, 15) is 0 Å². The van der Waals surface area contributed by atoms with Crippen molar-refractivity contribution in [3.8, 4) is 0 Å². The van der Waals surface area contributed by atoms with Gasteiger partial charge in [-0.15, -0.1) is 0 Å². The maximum Gasteiger partial charge on any atom is 0.191 e. The fourth-order valence-corrected chi connectivity index (χ4v) is 1.47. The number of hydrazone groups is 1. The highest BCUT2D eigenvalue weighted by Crippen LogP contribution is 2.01. The molecule has 0 aliphatic carbocycles. The first-order chi connectivity index (χ1) is 8.84. The lowest BCUT2D eigenvalue weighted by Crippen LogP contribution is -2.23. The minimum atomic E-state index is 0.426. The van der Waals surface area contributed by atoms with Crippen LogP contribution in [0, 0.1) is 0 Å². The van der Waals surface area contributed by atoms with Crippen LogP contribution in [-0.4, -0.2) is 16.3 Å². The van der Waals surface area contributed by atoms with E-state index in [1.165, 1.54) is 0 Å². The molecule has 4 nitrogen and oxygen atoms in total. The quantitative estimate of drug-likeness (QED) is 0.503. The maximum absolute atomic E-state index is 5.09. The molecule has 1 aromatic heterocycles. The Morgan fingerprint density at radius 1 is 1.17 bits per heavy atom. The third-order valence-corrected chi connectivity index (χ3v) is 2.29. The van der Waals surface area contributed by atoms with Gasteiger partial charge in [0.15, 0.2) is 5.11 Å². The van der Waals surface area contributed by atoms with Crippen molar-refractivity contribution in [2.75, 3.05) is 5.32 Å². The monoisotopic (exact) mass is 256 g/mol. The predicted molar refractivity (Wildman–Crippen MR) is 77.6 cm³/mol. The van der Waals surface area contributed by atoms with Gasteiger partial charge < -0.3 is 5.32 Å². The van der Waals surface area contributed by atoms with Crippen molar-refractivity contribution >= 4 is 29.2 Å². The molecule has 5 heteroatoms. The predicted octanol–water partition coefficient (Wildman–Crippen LogP) is 2.40. The van der Waals surface area contributed by atoms with Crippen LogP contribution in [0.5, 0.6) is 0 Å². The van der Waals surface area contributed by atoms with Crippen LogP contribution in [0.15, 0.2) is 60.0 Å². The molecule has 90 valence electrons. The Kier molecular flexibility index (Phi) is 4.38. The van der Waals surface area contributed by atoms with Crippen molar-refractivity contribution in [2.24, 2.45) is 5.10 Å². The van der Waals surface area contributed by atoms with Crippen LogP contribution in [0.3, 0.4) is 0 Å². The summed E-state index contributed by atoms with van der Waals surface area (Å²) < 4.78 is 0. The van der Waals surface area contributed by atoms with Crippen LogP contribution < -0.4 is 10.7 Å². The summed E-state index contributed by atoms with van der Waals surface area (Å²) in [5, 5.41) is 7.44. The third kappa shape index (κ3) is 3.95. The molecule has 0 amide bonds. The Morgan fingerprint density at radius 3 is 2.72 bits per heavy atom. The molecule has 0 radical (unpaired) electrons. The van der Waals surface area contributed by atoms with Crippen LogP contribution >= 0.6 is 12.2 Å². The van der Waals surface area contributed by atoms with Crippen molar-refractivity contribution in [1.29, 1.82) is 0 Å². The average Bonchev–Trinajstić information content (AvgIpc) is 2.41. The van der Waals surface area contributed by atoms with Crippen LogP contribution in [0.25, 0.3) is 0 Å². The number of hydrogen-bond acceptors (Lipinski definition) is 3. The van der Waals surface area contributed by atoms with Gasteiger partial charge in [-0.2, -0.15) is 5.10 Å². The standard InChI is InChI=1S/C13H12N4S/c18-13(16-12-7-4-8-14-10-12)17-15-9-11-5-2-1-3-6-11/h1-10H,(H2,16,17,18)/b15-9+. The molecule has 2 aromatic rings. The number of rotatable bonds is 3. The van der Waals surface area contributed by atoms with Crippen molar-refractivity contribution in [2.45, 2.75) is 0 Å². The molecule has 0 bridgehead atoms. The van der Waals surface area contributed by atoms with Gasteiger partial charge in [-0.3, -0.25) is 10.4 Å². The minimum Gasteiger partial charge on any atom is -0.330 e. The first-order valence-electron chi connectivity index (χ1n) is 5.40. The molecule has 0 saturated carbocycles. The minimum absolute atomic E-state index is 0.426. The second-order valence-electron chi connectivity index (χ2n) is 3.48. The van der Waals surface area contributed by atoms with Gasteiger partial charge in [-0.05, 0) is 29.9 Å². The van der Waals surface area contributed by atoms with E-state index in [4.69, 9.17) is 12.2 Å². The number of hydrogen-bond donors (Lipinski definition) is 2. The lowest BCUT2D eigenvalue weighted by molar-refractivity contribution is 1.05. The molecular formula is C13H12N4S. The molecule has 0 aliphatic rings. The normalized spacial score (nSPS) is 10.2. The van der Waals surface area contributed by atoms with Gasteiger partial charge in [-0.1, -0.05) is 30.3 Å². The fraction of sp³-hybridized carbons (Fsp3) is 0. The van der Waals surface area contributed by atoms with E-state index < -0.39 is 0 Å². The number of anilines is 1. The van der Waals surface area contributed by atoms with Crippen LogP contribution in [-0.2, 0) is 0 Å². The highest BCUT2D eigenvalue weighted by Gasteiger charge is 1.94. The van der Waals surface area contributed by atoms with Gasteiger partial charge in [0.25, 0.3) is 0 Å². The first-order valence-corrected chi connectivity index (χ1v) is 5.80. The Labute approximate surface area is 111 Å². The Balaban J connectivity index is 1.84. The Hall–Kier alpha value is -2.27. The van der Waals surface area contributed by atoms with Gasteiger partial charge in [-0.25, -0.2) is 0 Å². The van der Waals surface area contributed by atoms with Gasteiger partial charge in [0.05, 0.1) is 18.1 Å². The maximum atomic E-state index is 5.09. The summed E-state index contributed by atoms with van der Waals surface area (Å²) >= 11 is 5.09. The van der Waals surface area contributed by atoms with E-state index in [-0.39, 0.29) is 0 Å². The van der Waals surface area contributed by atoms with Crippen molar-refractivity contribution in [3.63, 3.8) is 0 Å². The Morgan fingerprint density at radius 2 is 2.00 bits per heavy atom.